The van der Waals surface area contributed by atoms with Crippen LogP contribution in [0.4, 0.5) is 0 Å². The monoisotopic (exact) mass is 354 g/mol. The van der Waals surface area contributed by atoms with Gasteiger partial charge in [-0.1, -0.05) is 36.7 Å². The van der Waals surface area contributed by atoms with Gasteiger partial charge >= 0.3 is 0 Å². The zero-order valence-electron chi connectivity index (χ0n) is 13.6. The van der Waals surface area contributed by atoms with Crippen molar-refractivity contribution in [2.75, 3.05) is 19.6 Å². The van der Waals surface area contributed by atoms with Gasteiger partial charge in [-0.3, -0.25) is 9.58 Å². The Morgan fingerprint density at radius 3 is 2.74 bits per heavy atom. The number of aromatic nitrogens is 2. The molecule has 1 atom stereocenters. The third-order valence-electron chi connectivity index (χ3n) is 4.56. The number of benzene rings is 1. The number of hydrogen-bond acceptors (Lipinski definition) is 3. The first kappa shape index (κ1) is 18.3. The van der Waals surface area contributed by atoms with E-state index in [9.17, 15) is 0 Å². The zero-order valence-corrected chi connectivity index (χ0v) is 15.2. The molecule has 3 rings (SSSR count). The summed E-state index contributed by atoms with van der Waals surface area (Å²) < 4.78 is 1.87. The lowest BCUT2D eigenvalue weighted by Crippen LogP contribution is -2.31. The summed E-state index contributed by atoms with van der Waals surface area (Å²) in [6.07, 6.45) is 3.25. The van der Waals surface area contributed by atoms with Crippen molar-refractivity contribution in [1.29, 1.82) is 0 Å². The van der Waals surface area contributed by atoms with Gasteiger partial charge in [-0.2, -0.15) is 5.10 Å². The maximum atomic E-state index is 6.35. The third-order valence-corrected chi connectivity index (χ3v) is 4.89. The number of nitrogens with two attached hydrogens (primary N) is 1. The van der Waals surface area contributed by atoms with Crippen molar-refractivity contribution in [2.45, 2.75) is 19.9 Å². The van der Waals surface area contributed by atoms with Crippen LogP contribution >= 0.6 is 24.0 Å². The molecule has 0 aliphatic carbocycles. The van der Waals surface area contributed by atoms with Crippen LogP contribution in [0.1, 0.15) is 18.9 Å². The Balaban J connectivity index is 0.00000192. The number of halogens is 2. The highest BCUT2D eigenvalue weighted by Crippen LogP contribution is 2.33. The van der Waals surface area contributed by atoms with Crippen LogP contribution in [-0.4, -0.2) is 34.3 Å². The summed E-state index contributed by atoms with van der Waals surface area (Å²) in [7, 11) is 1.96. The molecule has 126 valence electrons. The van der Waals surface area contributed by atoms with Gasteiger partial charge in [0.1, 0.15) is 0 Å². The first-order valence-corrected chi connectivity index (χ1v) is 8.08. The molecule has 1 aromatic heterocycles. The number of hydrogen-bond donors (Lipinski definition) is 1. The second-order valence-electron chi connectivity index (χ2n) is 6.63. The second-order valence-corrected chi connectivity index (χ2v) is 7.04. The highest BCUT2D eigenvalue weighted by molar-refractivity contribution is 6.33. The van der Waals surface area contributed by atoms with Crippen LogP contribution in [0.15, 0.2) is 30.5 Å². The van der Waals surface area contributed by atoms with E-state index in [0.29, 0.717) is 0 Å². The van der Waals surface area contributed by atoms with Gasteiger partial charge in [-0.15, -0.1) is 12.4 Å². The van der Waals surface area contributed by atoms with Gasteiger partial charge in [0.05, 0.1) is 10.7 Å². The molecule has 1 fully saturated rings. The molecule has 1 unspecified atom stereocenters. The van der Waals surface area contributed by atoms with Crippen LogP contribution in [0.3, 0.4) is 0 Å². The Morgan fingerprint density at radius 1 is 1.35 bits per heavy atom. The van der Waals surface area contributed by atoms with Crippen molar-refractivity contribution in [1.82, 2.24) is 14.7 Å². The van der Waals surface area contributed by atoms with Crippen molar-refractivity contribution in [2.24, 2.45) is 18.2 Å². The predicted octanol–water partition coefficient (Wildman–Crippen LogP) is 3.33. The fourth-order valence-electron chi connectivity index (χ4n) is 3.20. The molecule has 2 aromatic rings. The molecule has 0 spiro atoms. The quantitative estimate of drug-likeness (QED) is 0.915. The maximum Gasteiger partial charge on any atom is 0.0983 e. The van der Waals surface area contributed by atoms with Crippen molar-refractivity contribution < 1.29 is 0 Å². The lowest BCUT2D eigenvalue weighted by atomic mass is 9.90. The molecule has 0 saturated carbocycles. The number of nitrogens with zero attached hydrogens (tertiary/aromatic N) is 3. The van der Waals surface area contributed by atoms with E-state index in [-0.39, 0.29) is 17.8 Å². The van der Waals surface area contributed by atoms with Gasteiger partial charge in [0.2, 0.25) is 0 Å². The minimum Gasteiger partial charge on any atom is -0.330 e. The molecule has 4 nitrogen and oxygen atoms in total. The van der Waals surface area contributed by atoms with E-state index >= 15 is 0 Å². The molecule has 2 N–H and O–H groups in total. The molecule has 0 bridgehead atoms. The van der Waals surface area contributed by atoms with Gasteiger partial charge < -0.3 is 5.73 Å². The first-order chi connectivity index (χ1) is 10.5. The normalized spacial score (nSPS) is 21.4. The molecule has 0 amide bonds. The summed E-state index contributed by atoms with van der Waals surface area (Å²) in [6, 6.07) is 7.89. The molecule has 1 saturated heterocycles. The summed E-state index contributed by atoms with van der Waals surface area (Å²) in [5.41, 5.74) is 9.35. The predicted molar refractivity (Wildman–Crippen MR) is 98.0 cm³/mol. The summed E-state index contributed by atoms with van der Waals surface area (Å²) in [5.74, 6) is 0. The number of rotatable bonds is 4. The zero-order chi connectivity index (χ0) is 15.7. The van der Waals surface area contributed by atoms with Crippen molar-refractivity contribution in [3.05, 3.63) is 41.0 Å². The Morgan fingerprint density at radius 2 is 2.09 bits per heavy atom. The van der Waals surface area contributed by atoms with E-state index in [0.717, 1.165) is 48.9 Å². The highest BCUT2D eigenvalue weighted by Gasteiger charge is 2.32. The minimum absolute atomic E-state index is 0. The lowest BCUT2D eigenvalue weighted by molar-refractivity contribution is 0.274. The van der Waals surface area contributed by atoms with Crippen LogP contribution in [0.25, 0.3) is 11.3 Å². The molecule has 2 heterocycles. The fraction of sp³-hybridized carbons (Fsp3) is 0.471. The maximum absolute atomic E-state index is 6.35. The van der Waals surface area contributed by atoms with Gasteiger partial charge in [0.25, 0.3) is 0 Å². The smallest absolute Gasteiger partial charge is 0.0983 e. The molecule has 23 heavy (non-hydrogen) atoms. The Labute approximate surface area is 149 Å². The Kier molecular flexibility index (Phi) is 5.74. The van der Waals surface area contributed by atoms with E-state index in [2.05, 4.69) is 23.1 Å². The van der Waals surface area contributed by atoms with Crippen molar-refractivity contribution >= 4 is 24.0 Å². The second kappa shape index (κ2) is 7.22. The van der Waals surface area contributed by atoms with Crippen LogP contribution in [0.5, 0.6) is 0 Å². The first-order valence-electron chi connectivity index (χ1n) is 7.71. The molecular weight excluding hydrogens is 331 g/mol. The molecule has 6 heteroatoms. The Bertz CT molecular complexity index is 670. The van der Waals surface area contributed by atoms with E-state index in [4.69, 9.17) is 17.3 Å². The molecule has 0 radical (unpaired) electrons. The van der Waals surface area contributed by atoms with Crippen LogP contribution in [0, 0.1) is 5.41 Å². The molecule has 1 aliphatic rings. The van der Waals surface area contributed by atoms with Crippen molar-refractivity contribution in [3.8, 4) is 11.3 Å². The van der Waals surface area contributed by atoms with Crippen LogP contribution in [-0.2, 0) is 13.6 Å². The van der Waals surface area contributed by atoms with Crippen LogP contribution < -0.4 is 5.73 Å². The SMILES string of the molecule is Cl.Cn1cc(CN2CCC(C)(CN)C2)c(-c2ccccc2Cl)n1. The van der Waals surface area contributed by atoms with Gasteiger partial charge in [0, 0.05) is 37.5 Å². The van der Waals surface area contributed by atoms with E-state index in [1.807, 2.05) is 36.0 Å². The lowest BCUT2D eigenvalue weighted by Gasteiger charge is -2.22. The Hall–Kier alpha value is -1.07. The molecule has 1 aliphatic heterocycles. The molecular formula is C17H24Cl2N4. The highest BCUT2D eigenvalue weighted by atomic mass is 35.5. The standard InChI is InChI=1S/C17H23ClN4.ClH/c1-17(11-19)7-8-22(12-17)10-13-9-21(2)20-16(13)14-5-3-4-6-15(14)18;/h3-6,9H,7-8,10-12,19H2,1-2H3;1H. The number of aryl methyl sites for hydroxylation is 1. The topological polar surface area (TPSA) is 47.1 Å². The third kappa shape index (κ3) is 3.89. The fourth-order valence-corrected chi connectivity index (χ4v) is 3.43. The number of likely N-dealkylation sites (tertiary alicyclic amines) is 1. The van der Waals surface area contributed by atoms with Gasteiger partial charge in [-0.05, 0) is 31.0 Å². The van der Waals surface area contributed by atoms with E-state index in [1.165, 1.54) is 5.56 Å². The van der Waals surface area contributed by atoms with Crippen LogP contribution in [0.2, 0.25) is 5.02 Å². The van der Waals surface area contributed by atoms with E-state index in [1.54, 1.807) is 0 Å². The average Bonchev–Trinajstić information content (AvgIpc) is 3.04. The summed E-state index contributed by atoms with van der Waals surface area (Å²) in [4.78, 5) is 2.46. The molecule has 1 aromatic carbocycles. The minimum atomic E-state index is 0. The largest absolute Gasteiger partial charge is 0.330 e. The summed E-state index contributed by atoms with van der Waals surface area (Å²) in [6.45, 7) is 6.04. The summed E-state index contributed by atoms with van der Waals surface area (Å²) in [5, 5.41) is 5.37. The van der Waals surface area contributed by atoms with Gasteiger partial charge in [-0.25, -0.2) is 0 Å². The summed E-state index contributed by atoms with van der Waals surface area (Å²) >= 11 is 6.35. The van der Waals surface area contributed by atoms with E-state index < -0.39 is 0 Å². The van der Waals surface area contributed by atoms with Gasteiger partial charge in [0.15, 0.2) is 0 Å². The average molecular weight is 355 g/mol. The van der Waals surface area contributed by atoms with Crippen molar-refractivity contribution in [3.63, 3.8) is 0 Å².